The maximum absolute atomic E-state index is 12.8. The Morgan fingerprint density at radius 2 is 1.53 bits per heavy atom. The number of benzene rings is 2. The van der Waals surface area contributed by atoms with Gasteiger partial charge in [0.25, 0.3) is 5.78 Å². The summed E-state index contributed by atoms with van der Waals surface area (Å²) in [6.45, 7) is 2.45. The van der Waals surface area contributed by atoms with Gasteiger partial charge in [-0.3, -0.25) is 0 Å². The van der Waals surface area contributed by atoms with Crippen LogP contribution in [0.2, 0.25) is 0 Å². The molecule has 5 rings (SSSR count). The Hall–Kier alpha value is -4.34. The Bertz CT molecular complexity index is 1280. The smallest absolute Gasteiger partial charge is 0.321 e. The van der Waals surface area contributed by atoms with Gasteiger partial charge in [0.2, 0.25) is 0 Å². The quantitative estimate of drug-likeness (QED) is 0.490. The number of amides is 2. The second-order valence-corrected chi connectivity index (χ2v) is 7.83. The molecule has 0 aliphatic carbocycles. The maximum atomic E-state index is 12.8. The third-order valence-corrected chi connectivity index (χ3v) is 5.89. The van der Waals surface area contributed by atoms with E-state index in [-0.39, 0.29) is 6.03 Å². The van der Waals surface area contributed by atoms with Crippen LogP contribution in [0.4, 0.5) is 16.3 Å². The van der Waals surface area contributed by atoms with Crippen molar-refractivity contribution in [2.75, 3.05) is 50.6 Å². The maximum Gasteiger partial charge on any atom is 0.321 e. The molecule has 2 aromatic carbocycles. The van der Waals surface area contributed by atoms with Crippen molar-refractivity contribution in [2.24, 2.45) is 0 Å². The monoisotopic (exact) mass is 459 g/mol. The van der Waals surface area contributed by atoms with Crippen molar-refractivity contribution in [3.05, 3.63) is 61.1 Å². The van der Waals surface area contributed by atoms with Crippen LogP contribution in [0.15, 0.2) is 61.1 Å². The second kappa shape index (κ2) is 9.26. The van der Waals surface area contributed by atoms with E-state index < -0.39 is 0 Å². The fourth-order valence-electron chi connectivity index (χ4n) is 4.04. The topological polar surface area (TPSA) is 97.1 Å². The molecule has 1 aliphatic heterocycles. The van der Waals surface area contributed by atoms with E-state index in [9.17, 15) is 4.79 Å². The van der Waals surface area contributed by atoms with E-state index >= 15 is 0 Å². The predicted octanol–water partition coefficient (Wildman–Crippen LogP) is 3.16. The number of hydrogen-bond donors (Lipinski definition) is 1. The van der Waals surface area contributed by atoms with Gasteiger partial charge < -0.3 is 24.6 Å². The van der Waals surface area contributed by atoms with Crippen LogP contribution in [0, 0.1) is 0 Å². The Balaban J connectivity index is 1.34. The van der Waals surface area contributed by atoms with Crippen LogP contribution >= 0.6 is 0 Å². The van der Waals surface area contributed by atoms with Crippen molar-refractivity contribution < 1.29 is 14.3 Å². The number of piperazine rings is 1. The molecule has 4 aromatic rings. The van der Waals surface area contributed by atoms with Crippen LogP contribution in [0.1, 0.15) is 0 Å². The van der Waals surface area contributed by atoms with Crippen molar-refractivity contribution in [1.82, 2.24) is 24.5 Å². The van der Waals surface area contributed by atoms with Crippen LogP contribution in [-0.2, 0) is 0 Å². The largest absolute Gasteiger partial charge is 0.497 e. The third kappa shape index (κ3) is 4.17. The van der Waals surface area contributed by atoms with Gasteiger partial charge >= 0.3 is 6.03 Å². The molecule has 0 unspecified atom stereocenters. The number of rotatable bonds is 5. The van der Waals surface area contributed by atoms with Gasteiger partial charge in [0.1, 0.15) is 23.6 Å². The minimum Gasteiger partial charge on any atom is -0.497 e. The van der Waals surface area contributed by atoms with Gasteiger partial charge in [-0.2, -0.15) is 14.6 Å². The molecule has 10 nitrogen and oxygen atoms in total. The lowest BCUT2D eigenvalue weighted by Crippen LogP contribution is -2.50. The number of ether oxygens (including phenoxy) is 2. The van der Waals surface area contributed by atoms with E-state index in [0.29, 0.717) is 32.0 Å². The Labute approximate surface area is 196 Å². The van der Waals surface area contributed by atoms with Crippen molar-refractivity contribution in [3.8, 4) is 22.6 Å². The molecule has 34 heavy (non-hydrogen) atoms. The molecule has 0 spiro atoms. The number of anilines is 2. The first-order valence-corrected chi connectivity index (χ1v) is 10.9. The van der Waals surface area contributed by atoms with Gasteiger partial charge in [0.05, 0.1) is 14.2 Å². The number of carbonyl (C=O) groups is 1. The van der Waals surface area contributed by atoms with Crippen molar-refractivity contribution >= 4 is 23.3 Å². The number of nitrogens with one attached hydrogen (secondary N) is 1. The summed E-state index contributed by atoms with van der Waals surface area (Å²) in [7, 11) is 3.26. The van der Waals surface area contributed by atoms with Crippen molar-refractivity contribution in [3.63, 3.8) is 0 Å². The summed E-state index contributed by atoms with van der Waals surface area (Å²) in [4.78, 5) is 25.6. The average molecular weight is 460 g/mol. The van der Waals surface area contributed by atoms with Crippen molar-refractivity contribution in [2.45, 2.75) is 0 Å². The number of fused-ring (bicyclic) bond motifs is 1. The van der Waals surface area contributed by atoms with Crippen LogP contribution in [0.3, 0.4) is 0 Å². The molecule has 10 heteroatoms. The molecular weight excluding hydrogens is 434 g/mol. The highest BCUT2D eigenvalue weighted by molar-refractivity contribution is 5.89. The molecule has 1 N–H and O–H groups in total. The first-order chi connectivity index (χ1) is 16.7. The minimum absolute atomic E-state index is 0.124. The zero-order valence-corrected chi connectivity index (χ0v) is 19.0. The first-order valence-electron chi connectivity index (χ1n) is 10.9. The minimum atomic E-state index is -0.124. The number of hydrogen-bond acceptors (Lipinski definition) is 7. The summed E-state index contributed by atoms with van der Waals surface area (Å²) in [6, 6.07) is 15.0. The molecular formula is C24H25N7O3. The van der Waals surface area contributed by atoms with E-state index in [1.807, 2.05) is 59.6 Å². The lowest BCUT2D eigenvalue weighted by atomic mass is 10.1. The molecule has 0 saturated carbocycles. The third-order valence-electron chi connectivity index (χ3n) is 5.89. The fraction of sp³-hybridized carbons (Fsp3) is 0.250. The number of nitrogens with zero attached hydrogens (tertiary/aromatic N) is 6. The van der Waals surface area contributed by atoms with Crippen molar-refractivity contribution in [1.29, 1.82) is 0 Å². The average Bonchev–Trinajstić information content (AvgIpc) is 3.38. The molecule has 3 heterocycles. The molecule has 1 aliphatic rings. The second-order valence-electron chi connectivity index (χ2n) is 7.83. The number of aromatic nitrogens is 4. The van der Waals surface area contributed by atoms with E-state index in [1.165, 1.54) is 6.33 Å². The SMILES string of the molecule is COc1ccc(NC(=O)N2CCN(c3c(-c4ccc(OC)cc4)cnc4ncnn34)CC2)cc1. The van der Waals surface area contributed by atoms with E-state index in [1.54, 1.807) is 18.7 Å². The van der Waals surface area contributed by atoms with Crippen LogP contribution in [-0.4, -0.2) is 70.9 Å². The summed E-state index contributed by atoms with van der Waals surface area (Å²) in [5.41, 5.74) is 2.67. The highest BCUT2D eigenvalue weighted by Gasteiger charge is 2.25. The molecule has 0 bridgehead atoms. The first kappa shape index (κ1) is 21.5. The molecule has 174 valence electrons. The van der Waals surface area contributed by atoms with Crippen LogP contribution in [0.25, 0.3) is 16.9 Å². The van der Waals surface area contributed by atoms with Gasteiger partial charge in [-0.05, 0) is 42.0 Å². The van der Waals surface area contributed by atoms with Crippen LogP contribution < -0.4 is 19.7 Å². The number of urea groups is 1. The molecule has 2 amide bonds. The fourth-order valence-corrected chi connectivity index (χ4v) is 4.04. The normalized spacial score (nSPS) is 13.7. The molecule has 2 aromatic heterocycles. The lowest BCUT2D eigenvalue weighted by Gasteiger charge is -2.36. The van der Waals surface area contributed by atoms with Gasteiger partial charge in [0, 0.05) is 43.6 Å². The summed E-state index contributed by atoms with van der Waals surface area (Å²) >= 11 is 0. The van der Waals surface area contributed by atoms with E-state index in [2.05, 4.69) is 25.3 Å². The Morgan fingerprint density at radius 1 is 0.882 bits per heavy atom. The summed E-state index contributed by atoms with van der Waals surface area (Å²) < 4.78 is 12.2. The zero-order valence-electron chi connectivity index (χ0n) is 19.0. The zero-order chi connectivity index (χ0) is 23.5. The molecule has 0 radical (unpaired) electrons. The summed E-state index contributed by atoms with van der Waals surface area (Å²) in [5, 5.41) is 7.37. The molecule has 0 atom stereocenters. The number of carbonyl (C=O) groups excluding carboxylic acids is 1. The van der Waals surface area contributed by atoms with E-state index in [4.69, 9.17) is 9.47 Å². The predicted molar refractivity (Wildman–Crippen MR) is 129 cm³/mol. The molecule has 1 fully saturated rings. The number of methoxy groups -OCH3 is 2. The Morgan fingerprint density at radius 3 is 2.18 bits per heavy atom. The van der Waals surface area contributed by atoms with Crippen LogP contribution in [0.5, 0.6) is 11.5 Å². The highest BCUT2D eigenvalue weighted by Crippen LogP contribution is 2.32. The summed E-state index contributed by atoms with van der Waals surface area (Å²) in [6.07, 6.45) is 3.33. The van der Waals surface area contributed by atoms with E-state index in [0.717, 1.165) is 34.1 Å². The van der Waals surface area contributed by atoms with Gasteiger partial charge in [-0.15, -0.1) is 0 Å². The Kier molecular flexibility index (Phi) is 5.86. The lowest BCUT2D eigenvalue weighted by molar-refractivity contribution is 0.208. The van der Waals surface area contributed by atoms with Gasteiger partial charge in [-0.1, -0.05) is 12.1 Å². The summed E-state index contributed by atoms with van der Waals surface area (Å²) in [5.74, 6) is 2.97. The molecule has 1 saturated heterocycles. The standard InChI is InChI=1S/C24H25N7O3/c1-33-19-7-3-17(4-8-19)21-15-25-23-26-16-27-31(23)22(21)29-11-13-30(14-12-29)24(32)28-18-5-9-20(34-2)10-6-18/h3-10,15-16H,11-14H2,1-2H3,(H,28,32). The van der Waals surface area contributed by atoms with Gasteiger partial charge in [-0.25, -0.2) is 9.78 Å². The highest BCUT2D eigenvalue weighted by atomic mass is 16.5. The van der Waals surface area contributed by atoms with Gasteiger partial charge in [0.15, 0.2) is 0 Å².